The first-order valence-electron chi connectivity index (χ1n) is 5.80. The Morgan fingerprint density at radius 3 is 2.94 bits per heavy atom. The molecule has 3 amide bonds. The van der Waals surface area contributed by atoms with E-state index in [4.69, 9.17) is 5.73 Å². The standard InChI is InChI=1S/C11H20N4O2/c1-2-5-13-11(17)14-10(16)8-15-6-3-4-9(15)7-12/h2,9H,1,3-8,12H2,(H2,13,14,16,17). The van der Waals surface area contributed by atoms with E-state index >= 15 is 0 Å². The maximum atomic E-state index is 11.6. The largest absolute Gasteiger partial charge is 0.334 e. The number of urea groups is 1. The minimum absolute atomic E-state index is 0.226. The molecule has 0 spiro atoms. The minimum Gasteiger partial charge on any atom is -0.334 e. The summed E-state index contributed by atoms with van der Waals surface area (Å²) < 4.78 is 0. The van der Waals surface area contributed by atoms with E-state index < -0.39 is 6.03 Å². The number of carbonyl (C=O) groups is 2. The fraction of sp³-hybridized carbons (Fsp3) is 0.636. The number of nitrogens with one attached hydrogen (secondary N) is 2. The van der Waals surface area contributed by atoms with Crippen LogP contribution in [0.2, 0.25) is 0 Å². The Hall–Kier alpha value is -1.40. The Labute approximate surface area is 101 Å². The average molecular weight is 240 g/mol. The molecule has 96 valence electrons. The molecule has 1 saturated heterocycles. The molecule has 0 radical (unpaired) electrons. The molecular weight excluding hydrogens is 220 g/mol. The van der Waals surface area contributed by atoms with Gasteiger partial charge in [0.15, 0.2) is 0 Å². The number of hydrogen-bond acceptors (Lipinski definition) is 4. The predicted molar refractivity (Wildman–Crippen MR) is 65.4 cm³/mol. The highest BCUT2D eigenvalue weighted by Crippen LogP contribution is 2.14. The Morgan fingerprint density at radius 2 is 2.29 bits per heavy atom. The third-order valence-electron chi connectivity index (χ3n) is 2.78. The molecule has 0 saturated carbocycles. The average Bonchev–Trinajstić information content (AvgIpc) is 2.73. The fourth-order valence-corrected chi connectivity index (χ4v) is 1.93. The number of nitrogens with two attached hydrogens (primary N) is 1. The summed E-state index contributed by atoms with van der Waals surface area (Å²) in [7, 11) is 0. The molecule has 0 aromatic carbocycles. The van der Waals surface area contributed by atoms with Crippen molar-refractivity contribution in [2.24, 2.45) is 5.73 Å². The fourth-order valence-electron chi connectivity index (χ4n) is 1.93. The molecule has 1 aliphatic rings. The van der Waals surface area contributed by atoms with Crippen molar-refractivity contribution in [1.82, 2.24) is 15.5 Å². The summed E-state index contributed by atoms with van der Waals surface area (Å²) in [4.78, 5) is 24.8. The zero-order valence-electron chi connectivity index (χ0n) is 9.95. The lowest BCUT2D eigenvalue weighted by molar-refractivity contribution is -0.121. The first kappa shape index (κ1) is 13.7. The van der Waals surface area contributed by atoms with Crippen molar-refractivity contribution in [3.63, 3.8) is 0 Å². The van der Waals surface area contributed by atoms with Gasteiger partial charge in [0.1, 0.15) is 0 Å². The van der Waals surface area contributed by atoms with Crippen LogP contribution >= 0.6 is 0 Å². The summed E-state index contributed by atoms with van der Waals surface area (Å²) in [6.07, 6.45) is 3.62. The SMILES string of the molecule is C=CCNC(=O)NC(=O)CN1CCCC1CN. The first-order valence-corrected chi connectivity index (χ1v) is 5.80. The predicted octanol–water partition coefficient (Wildman–Crippen LogP) is -0.579. The smallest absolute Gasteiger partial charge is 0.321 e. The van der Waals surface area contributed by atoms with Gasteiger partial charge < -0.3 is 11.1 Å². The Bertz CT molecular complexity index is 293. The third-order valence-corrected chi connectivity index (χ3v) is 2.78. The lowest BCUT2D eigenvalue weighted by atomic mass is 10.2. The van der Waals surface area contributed by atoms with Gasteiger partial charge in [-0.05, 0) is 19.4 Å². The van der Waals surface area contributed by atoms with E-state index in [1.807, 2.05) is 4.90 Å². The molecule has 1 rings (SSSR count). The van der Waals surface area contributed by atoms with Crippen LogP contribution in [0, 0.1) is 0 Å². The van der Waals surface area contributed by atoms with Crippen molar-refractivity contribution in [3.05, 3.63) is 12.7 Å². The van der Waals surface area contributed by atoms with Gasteiger partial charge >= 0.3 is 6.03 Å². The van der Waals surface area contributed by atoms with E-state index in [9.17, 15) is 9.59 Å². The molecule has 4 N–H and O–H groups in total. The van der Waals surface area contributed by atoms with Gasteiger partial charge in [-0.2, -0.15) is 0 Å². The van der Waals surface area contributed by atoms with Crippen LogP contribution in [-0.4, -0.2) is 49.1 Å². The number of nitrogens with zero attached hydrogens (tertiary/aromatic N) is 1. The molecule has 0 aromatic heterocycles. The number of imide groups is 1. The summed E-state index contributed by atoms with van der Waals surface area (Å²) in [5.74, 6) is -0.299. The lowest BCUT2D eigenvalue weighted by Gasteiger charge is -2.21. The van der Waals surface area contributed by atoms with Crippen molar-refractivity contribution in [2.45, 2.75) is 18.9 Å². The molecule has 0 bridgehead atoms. The number of rotatable bonds is 5. The summed E-state index contributed by atoms with van der Waals surface area (Å²) >= 11 is 0. The van der Waals surface area contributed by atoms with E-state index in [0.717, 1.165) is 19.4 Å². The highest BCUT2D eigenvalue weighted by Gasteiger charge is 2.25. The Kier molecular flexibility index (Phi) is 5.65. The highest BCUT2D eigenvalue weighted by atomic mass is 16.2. The highest BCUT2D eigenvalue weighted by molar-refractivity contribution is 5.95. The van der Waals surface area contributed by atoms with Crippen LogP contribution < -0.4 is 16.4 Å². The zero-order chi connectivity index (χ0) is 12.7. The van der Waals surface area contributed by atoms with Crippen molar-refractivity contribution in [1.29, 1.82) is 0 Å². The minimum atomic E-state index is -0.488. The molecule has 6 heteroatoms. The van der Waals surface area contributed by atoms with Gasteiger partial charge in [-0.25, -0.2) is 4.79 Å². The van der Waals surface area contributed by atoms with Crippen molar-refractivity contribution < 1.29 is 9.59 Å². The van der Waals surface area contributed by atoms with Gasteiger partial charge in [-0.1, -0.05) is 6.08 Å². The van der Waals surface area contributed by atoms with Gasteiger partial charge in [-0.15, -0.1) is 6.58 Å². The van der Waals surface area contributed by atoms with Crippen LogP contribution in [-0.2, 0) is 4.79 Å². The van der Waals surface area contributed by atoms with Crippen molar-refractivity contribution in [2.75, 3.05) is 26.2 Å². The molecule has 1 aliphatic heterocycles. The summed E-state index contributed by atoms with van der Waals surface area (Å²) in [6.45, 7) is 5.45. The van der Waals surface area contributed by atoms with Gasteiger partial charge in [-0.3, -0.25) is 15.0 Å². The second-order valence-electron chi connectivity index (χ2n) is 4.05. The van der Waals surface area contributed by atoms with Crippen LogP contribution in [0.3, 0.4) is 0 Å². The molecular formula is C11H20N4O2. The lowest BCUT2D eigenvalue weighted by Crippen LogP contribution is -2.46. The van der Waals surface area contributed by atoms with E-state index in [2.05, 4.69) is 17.2 Å². The molecule has 1 atom stereocenters. The van der Waals surface area contributed by atoms with Crippen LogP contribution in [0.15, 0.2) is 12.7 Å². The van der Waals surface area contributed by atoms with Gasteiger partial charge in [0.05, 0.1) is 6.54 Å². The normalized spacial score (nSPS) is 19.9. The second kappa shape index (κ2) is 7.03. The van der Waals surface area contributed by atoms with E-state index in [0.29, 0.717) is 13.1 Å². The maximum absolute atomic E-state index is 11.6. The second-order valence-corrected chi connectivity index (χ2v) is 4.05. The van der Waals surface area contributed by atoms with Gasteiger partial charge in [0.25, 0.3) is 0 Å². The maximum Gasteiger partial charge on any atom is 0.321 e. The van der Waals surface area contributed by atoms with E-state index in [-0.39, 0.29) is 18.5 Å². The van der Waals surface area contributed by atoms with Crippen molar-refractivity contribution in [3.8, 4) is 0 Å². The third kappa shape index (κ3) is 4.54. The Balaban J connectivity index is 2.28. The zero-order valence-corrected chi connectivity index (χ0v) is 9.95. The van der Waals surface area contributed by atoms with Gasteiger partial charge in [0.2, 0.25) is 5.91 Å². The van der Waals surface area contributed by atoms with Crippen molar-refractivity contribution >= 4 is 11.9 Å². The summed E-state index contributed by atoms with van der Waals surface area (Å²) in [5.41, 5.74) is 5.60. The quantitative estimate of drug-likeness (QED) is 0.561. The molecule has 1 fully saturated rings. The number of carbonyl (C=O) groups excluding carboxylic acids is 2. The topological polar surface area (TPSA) is 87.5 Å². The monoisotopic (exact) mass is 240 g/mol. The Morgan fingerprint density at radius 1 is 1.53 bits per heavy atom. The van der Waals surface area contributed by atoms with Crippen LogP contribution in [0.25, 0.3) is 0 Å². The first-order chi connectivity index (χ1) is 8.17. The molecule has 1 unspecified atom stereocenters. The van der Waals surface area contributed by atoms with Crippen LogP contribution in [0.1, 0.15) is 12.8 Å². The van der Waals surface area contributed by atoms with E-state index in [1.54, 1.807) is 6.08 Å². The number of amides is 3. The molecule has 0 aromatic rings. The van der Waals surface area contributed by atoms with Crippen LogP contribution in [0.4, 0.5) is 4.79 Å². The van der Waals surface area contributed by atoms with E-state index in [1.165, 1.54) is 0 Å². The summed E-state index contributed by atoms with van der Waals surface area (Å²) in [5, 5.41) is 4.75. The molecule has 1 heterocycles. The van der Waals surface area contributed by atoms with Gasteiger partial charge in [0, 0.05) is 19.1 Å². The number of likely N-dealkylation sites (tertiary alicyclic amines) is 1. The molecule has 0 aliphatic carbocycles. The summed E-state index contributed by atoms with van der Waals surface area (Å²) in [6, 6.07) is -0.226. The molecule has 17 heavy (non-hydrogen) atoms. The number of hydrogen-bond donors (Lipinski definition) is 3. The molecule has 6 nitrogen and oxygen atoms in total. The van der Waals surface area contributed by atoms with Crippen LogP contribution in [0.5, 0.6) is 0 Å².